The van der Waals surface area contributed by atoms with Gasteiger partial charge < -0.3 is 24.8 Å². The van der Waals surface area contributed by atoms with Crippen molar-refractivity contribution in [3.8, 4) is 11.5 Å². The van der Waals surface area contributed by atoms with Crippen LogP contribution in [-0.4, -0.2) is 47.7 Å². The molecule has 0 spiro atoms. The van der Waals surface area contributed by atoms with Gasteiger partial charge in [0.2, 0.25) is 0 Å². The molecule has 1 rings (SSSR count). The van der Waals surface area contributed by atoms with Crippen LogP contribution in [0.5, 0.6) is 11.5 Å². The van der Waals surface area contributed by atoms with Gasteiger partial charge in [-0.2, -0.15) is 0 Å². The Morgan fingerprint density at radius 3 is 2.84 bits per heavy atom. The highest BCUT2D eigenvalue weighted by atomic mass is 16.5. The van der Waals surface area contributed by atoms with Gasteiger partial charge in [0.25, 0.3) is 0 Å². The fourth-order valence-electron chi connectivity index (χ4n) is 1.24. The number of methoxy groups -OCH3 is 1. The predicted octanol–water partition coefficient (Wildman–Crippen LogP) is 0.310. The Kier molecular flexibility index (Phi) is 5.84. The standard InChI is InChI=1S/C13H16O6/c1-18-12-6-9(2-4-11(12)16)3-5-13(17)19-8-10(15)7-14/h2-6,10,14-16H,7-8H2,1H3/b5-3+/t10-/m0/s1. The van der Waals surface area contributed by atoms with Crippen molar-refractivity contribution < 1.29 is 29.6 Å². The summed E-state index contributed by atoms with van der Waals surface area (Å²) in [4.78, 5) is 11.3. The Bertz CT molecular complexity index is 454. The summed E-state index contributed by atoms with van der Waals surface area (Å²) in [6.45, 7) is -0.731. The summed E-state index contributed by atoms with van der Waals surface area (Å²) in [7, 11) is 1.42. The summed E-state index contributed by atoms with van der Waals surface area (Å²) in [5, 5.41) is 26.9. The summed E-state index contributed by atoms with van der Waals surface area (Å²) in [6, 6.07) is 4.60. The molecule has 0 saturated heterocycles. The van der Waals surface area contributed by atoms with E-state index in [2.05, 4.69) is 4.74 Å². The maximum absolute atomic E-state index is 11.3. The number of esters is 1. The molecule has 0 aliphatic carbocycles. The van der Waals surface area contributed by atoms with Crippen molar-refractivity contribution in [1.29, 1.82) is 0 Å². The zero-order valence-electron chi connectivity index (χ0n) is 10.4. The molecule has 0 aliphatic rings. The van der Waals surface area contributed by atoms with Crippen LogP contribution in [0.1, 0.15) is 5.56 Å². The van der Waals surface area contributed by atoms with E-state index in [9.17, 15) is 9.90 Å². The van der Waals surface area contributed by atoms with E-state index in [1.54, 1.807) is 12.1 Å². The number of rotatable bonds is 6. The van der Waals surface area contributed by atoms with Gasteiger partial charge in [-0.25, -0.2) is 4.79 Å². The van der Waals surface area contributed by atoms with Crippen molar-refractivity contribution in [2.24, 2.45) is 0 Å². The highest BCUT2D eigenvalue weighted by Gasteiger charge is 2.05. The average molecular weight is 268 g/mol. The Morgan fingerprint density at radius 2 is 2.21 bits per heavy atom. The van der Waals surface area contributed by atoms with Crippen molar-refractivity contribution in [3.63, 3.8) is 0 Å². The van der Waals surface area contributed by atoms with Gasteiger partial charge in [-0.15, -0.1) is 0 Å². The number of benzene rings is 1. The third kappa shape index (κ3) is 4.99. The smallest absolute Gasteiger partial charge is 0.330 e. The Morgan fingerprint density at radius 1 is 1.47 bits per heavy atom. The maximum Gasteiger partial charge on any atom is 0.330 e. The number of phenolic OH excluding ortho intramolecular Hbond substituents is 1. The zero-order chi connectivity index (χ0) is 14.3. The maximum atomic E-state index is 11.3. The molecular formula is C13H16O6. The predicted molar refractivity (Wildman–Crippen MR) is 67.7 cm³/mol. The molecule has 1 atom stereocenters. The average Bonchev–Trinajstić information content (AvgIpc) is 2.43. The molecule has 0 aromatic heterocycles. The number of carbonyl (C=O) groups excluding carboxylic acids is 1. The first kappa shape index (κ1) is 15.0. The monoisotopic (exact) mass is 268 g/mol. The van der Waals surface area contributed by atoms with Crippen LogP contribution < -0.4 is 4.74 Å². The number of hydrogen-bond donors (Lipinski definition) is 3. The topological polar surface area (TPSA) is 96.2 Å². The minimum absolute atomic E-state index is 0.00768. The third-order valence-corrected chi connectivity index (χ3v) is 2.24. The molecule has 0 heterocycles. The van der Waals surface area contributed by atoms with Gasteiger partial charge in [0.1, 0.15) is 12.7 Å². The minimum Gasteiger partial charge on any atom is -0.504 e. The lowest BCUT2D eigenvalue weighted by Gasteiger charge is -2.06. The van der Waals surface area contributed by atoms with Crippen molar-refractivity contribution >= 4 is 12.0 Å². The number of hydrogen-bond acceptors (Lipinski definition) is 6. The fraction of sp³-hybridized carbons (Fsp3) is 0.308. The van der Waals surface area contributed by atoms with Crippen molar-refractivity contribution in [3.05, 3.63) is 29.8 Å². The van der Waals surface area contributed by atoms with Crippen LogP contribution in [0.2, 0.25) is 0 Å². The van der Waals surface area contributed by atoms with Crippen LogP contribution in [0.25, 0.3) is 6.08 Å². The molecule has 0 saturated carbocycles. The van der Waals surface area contributed by atoms with Gasteiger partial charge in [-0.05, 0) is 23.8 Å². The van der Waals surface area contributed by atoms with Gasteiger partial charge in [0, 0.05) is 6.08 Å². The van der Waals surface area contributed by atoms with Crippen LogP contribution in [-0.2, 0) is 9.53 Å². The molecule has 6 nitrogen and oxygen atoms in total. The molecule has 0 amide bonds. The molecule has 0 bridgehead atoms. The molecule has 1 aromatic rings. The number of carbonyl (C=O) groups is 1. The van der Waals surface area contributed by atoms with E-state index in [0.29, 0.717) is 11.3 Å². The van der Waals surface area contributed by atoms with E-state index in [1.165, 1.54) is 25.3 Å². The van der Waals surface area contributed by atoms with Gasteiger partial charge in [0.15, 0.2) is 11.5 Å². The normalized spacial score (nSPS) is 12.4. The van der Waals surface area contributed by atoms with Crippen LogP contribution in [0, 0.1) is 0 Å². The van der Waals surface area contributed by atoms with E-state index in [4.69, 9.17) is 14.9 Å². The van der Waals surface area contributed by atoms with Crippen LogP contribution in [0.4, 0.5) is 0 Å². The van der Waals surface area contributed by atoms with E-state index in [1.807, 2.05) is 0 Å². The summed E-state index contributed by atoms with van der Waals surface area (Å²) in [6.07, 6.45) is 1.58. The Labute approximate surface area is 110 Å². The fourth-order valence-corrected chi connectivity index (χ4v) is 1.24. The SMILES string of the molecule is COc1cc(/C=C/C(=O)OC[C@@H](O)CO)ccc1O. The summed E-state index contributed by atoms with van der Waals surface area (Å²) >= 11 is 0. The second kappa shape index (κ2) is 7.40. The summed E-state index contributed by atoms with van der Waals surface area (Å²) in [5.41, 5.74) is 0.648. The quantitative estimate of drug-likeness (QED) is 0.507. The van der Waals surface area contributed by atoms with Gasteiger partial charge in [-0.1, -0.05) is 6.07 Å². The first-order valence-corrected chi connectivity index (χ1v) is 5.57. The van der Waals surface area contributed by atoms with E-state index < -0.39 is 18.7 Å². The molecule has 0 unspecified atom stereocenters. The van der Waals surface area contributed by atoms with Gasteiger partial charge in [0.05, 0.1) is 13.7 Å². The van der Waals surface area contributed by atoms with Crippen molar-refractivity contribution in [2.45, 2.75) is 6.10 Å². The molecule has 0 aliphatic heterocycles. The molecular weight excluding hydrogens is 252 g/mol. The first-order valence-electron chi connectivity index (χ1n) is 5.57. The highest BCUT2D eigenvalue weighted by molar-refractivity contribution is 5.87. The molecule has 104 valence electrons. The summed E-state index contributed by atoms with van der Waals surface area (Å²) in [5.74, 6) is -0.334. The number of aromatic hydroxyl groups is 1. The van der Waals surface area contributed by atoms with Crippen LogP contribution >= 0.6 is 0 Å². The summed E-state index contributed by atoms with van der Waals surface area (Å²) < 4.78 is 9.61. The van der Waals surface area contributed by atoms with Crippen LogP contribution in [0.3, 0.4) is 0 Å². The highest BCUT2D eigenvalue weighted by Crippen LogP contribution is 2.26. The van der Waals surface area contributed by atoms with Gasteiger partial charge >= 0.3 is 5.97 Å². The number of aliphatic hydroxyl groups excluding tert-OH is 2. The molecule has 19 heavy (non-hydrogen) atoms. The molecule has 0 radical (unpaired) electrons. The van der Waals surface area contributed by atoms with Crippen LogP contribution in [0.15, 0.2) is 24.3 Å². The number of aliphatic hydroxyl groups is 2. The molecule has 6 heteroatoms. The lowest BCUT2D eigenvalue weighted by Crippen LogP contribution is -2.21. The van der Waals surface area contributed by atoms with E-state index in [0.717, 1.165) is 0 Å². The number of ether oxygens (including phenoxy) is 2. The number of phenols is 1. The lowest BCUT2D eigenvalue weighted by atomic mass is 10.2. The Hall–Kier alpha value is -2.05. The van der Waals surface area contributed by atoms with E-state index in [-0.39, 0.29) is 12.4 Å². The second-order valence-electron chi connectivity index (χ2n) is 3.73. The van der Waals surface area contributed by atoms with Crippen molar-refractivity contribution in [2.75, 3.05) is 20.3 Å². The molecule has 0 fully saturated rings. The lowest BCUT2D eigenvalue weighted by molar-refractivity contribution is -0.141. The van der Waals surface area contributed by atoms with E-state index >= 15 is 0 Å². The Balaban J connectivity index is 2.58. The second-order valence-corrected chi connectivity index (χ2v) is 3.73. The van der Waals surface area contributed by atoms with Crippen molar-refractivity contribution in [1.82, 2.24) is 0 Å². The zero-order valence-corrected chi connectivity index (χ0v) is 10.4. The largest absolute Gasteiger partial charge is 0.504 e. The first-order chi connectivity index (χ1) is 9.06. The minimum atomic E-state index is -1.08. The molecule has 3 N–H and O–H groups in total. The van der Waals surface area contributed by atoms with Gasteiger partial charge in [-0.3, -0.25) is 0 Å². The molecule has 1 aromatic carbocycles. The third-order valence-electron chi connectivity index (χ3n) is 2.24.